The zero-order chi connectivity index (χ0) is 20.9. The molecule has 1 fully saturated rings. The predicted molar refractivity (Wildman–Crippen MR) is 121 cm³/mol. The van der Waals surface area contributed by atoms with Gasteiger partial charge in [-0.25, -0.2) is 4.68 Å². The molecule has 4 rings (SSSR count). The Morgan fingerprint density at radius 2 is 1.57 bits per heavy atom. The van der Waals surface area contributed by atoms with Crippen molar-refractivity contribution in [3.8, 4) is 5.69 Å². The number of benzene rings is 2. The van der Waals surface area contributed by atoms with E-state index >= 15 is 0 Å². The van der Waals surface area contributed by atoms with Gasteiger partial charge in [-0.2, -0.15) is 5.10 Å². The number of piperazine rings is 1. The SMILES string of the molecule is Cc1nn(-c2ccccc2)c(C)c1C(=O)N1CCN(CC=Cc2ccccc2)CC1. The van der Waals surface area contributed by atoms with Crippen LogP contribution in [0.1, 0.15) is 27.3 Å². The standard InChI is InChI=1S/C25H28N4O/c1-20-24(21(2)29(26-20)23-13-7-4-8-14-23)25(30)28-18-16-27(17-19-28)15-9-12-22-10-5-3-6-11-22/h3-14H,15-19H2,1-2H3. The molecule has 0 spiro atoms. The van der Waals surface area contributed by atoms with Crippen LogP contribution in [-0.2, 0) is 0 Å². The van der Waals surface area contributed by atoms with E-state index in [1.54, 1.807) is 0 Å². The summed E-state index contributed by atoms with van der Waals surface area (Å²) in [4.78, 5) is 17.6. The molecule has 154 valence electrons. The van der Waals surface area contributed by atoms with Crippen molar-refractivity contribution in [2.45, 2.75) is 13.8 Å². The van der Waals surface area contributed by atoms with Crippen LogP contribution in [0.15, 0.2) is 66.7 Å². The Kier molecular flexibility index (Phi) is 6.10. The minimum absolute atomic E-state index is 0.0895. The van der Waals surface area contributed by atoms with Gasteiger partial charge in [0.25, 0.3) is 5.91 Å². The fourth-order valence-electron chi connectivity index (χ4n) is 3.97. The first-order valence-corrected chi connectivity index (χ1v) is 10.5. The average Bonchev–Trinajstić information content (AvgIpc) is 3.09. The number of carbonyl (C=O) groups excluding carboxylic acids is 1. The fourth-order valence-corrected chi connectivity index (χ4v) is 3.97. The third kappa shape index (κ3) is 4.36. The molecule has 3 aromatic rings. The monoisotopic (exact) mass is 400 g/mol. The Hall–Kier alpha value is -3.18. The molecule has 1 saturated heterocycles. The molecule has 0 atom stereocenters. The van der Waals surface area contributed by atoms with E-state index < -0.39 is 0 Å². The normalized spacial score (nSPS) is 15.1. The number of rotatable bonds is 5. The van der Waals surface area contributed by atoms with E-state index in [0.29, 0.717) is 0 Å². The number of amides is 1. The van der Waals surface area contributed by atoms with Gasteiger partial charge >= 0.3 is 0 Å². The molecule has 1 aliphatic rings. The molecule has 1 amide bonds. The van der Waals surface area contributed by atoms with Crippen LogP contribution in [0.2, 0.25) is 0 Å². The van der Waals surface area contributed by atoms with Crippen molar-refractivity contribution in [1.82, 2.24) is 19.6 Å². The first-order chi connectivity index (χ1) is 14.6. The molecule has 0 unspecified atom stereocenters. The van der Waals surface area contributed by atoms with Crippen LogP contribution < -0.4 is 0 Å². The van der Waals surface area contributed by atoms with Gasteiger partial charge in [-0.05, 0) is 31.5 Å². The number of nitrogens with zero attached hydrogens (tertiary/aromatic N) is 4. The van der Waals surface area contributed by atoms with Crippen LogP contribution in [0.4, 0.5) is 0 Å². The maximum atomic E-state index is 13.2. The second-order valence-electron chi connectivity index (χ2n) is 7.70. The highest BCUT2D eigenvalue weighted by atomic mass is 16.2. The highest BCUT2D eigenvalue weighted by molar-refractivity contribution is 5.96. The van der Waals surface area contributed by atoms with Gasteiger partial charge < -0.3 is 4.90 Å². The molecule has 30 heavy (non-hydrogen) atoms. The molecule has 0 bridgehead atoms. The lowest BCUT2D eigenvalue weighted by atomic mass is 10.1. The molecule has 1 aliphatic heterocycles. The minimum atomic E-state index is 0.0895. The average molecular weight is 401 g/mol. The van der Waals surface area contributed by atoms with Crippen LogP contribution in [0.25, 0.3) is 11.8 Å². The Morgan fingerprint density at radius 1 is 0.933 bits per heavy atom. The van der Waals surface area contributed by atoms with Gasteiger partial charge in [0.15, 0.2) is 0 Å². The lowest BCUT2D eigenvalue weighted by Gasteiger charge is -2.34. The minimum Gasteiger partial charge on any atom is -0.336 e. The van der Waals surface area contributed by atoms with E-state index in [1.807, 2.05) is 72.0 Å². The van der Waals surface area contributed by atoms with Gasteiger partial charge in [0, 0.05) is 32.7 Å². The molecule has 0 aliphatic carbocycles. The Bertz CT molecular complexity index is 1020. The summed E-state index contributed by atoms with van der Waals surface area (Å²) in [5.74, 6) is 0.0895. The summed E-state index contributed by atoms with van der Waals surface area (Å²) in [7, 11) is 0. The molecule has 0 radical (unpaired) electrons. The summed E-state index contributed by atoms with van der Waals surface area (Å²) in [6.45, 7) is 8.06. The Balaban J connectivity index is 1.38. The highest BCUT2D eigenvalue weighted by Gasteiger charge is 2.26. The third-order valence-electron chi connectivity index (χ3n) is 5.64. The molecule has 1 aromatic heterocycles. The van der Waals surface area contributed by atoms with Crippen LogP contribution in [0.3, 0.4) is 0 Å². The molecule has 2 heterocycles. The van der Waals surface area contributed by atoms with Gasteiger partial charge in [0.1, 0.15) is 0 Å². The van der Waals surface area contributed by atoms with Crippen molar-refractivity contribution in [1.29, 1.82) is 0 Å². The molecule has 5 heteroatoms. The molecule has 0 saturated carbocycles. The second kappa shape index (κ2) is 9.09. The van der Waals surface area contributed by atoms with Crippen molar-refractivity contribution in [3.05, 3.63) is 89.3 Å². The Labute approximate surface area is 178 Å². The van der Waals surface area contributed by atoms with Crippen LogP contribution in [0, 0.1) is 13.8 Å². The quantitative estimate of drug-likeness (QED) is 0.651. The molecular formula is C25H28N4O. The first kappa shape index (κ1) is 20.1. The van der Waals surface area contributed by atoms with Crippen molar-refractivity contribution in [2.24, 2.45) is 0 Å². The summed E-state index contributed by atoms with van der Waals surface area (Å²) in [6, 6.07) is 20.3. The molecular weight excluding hydrogens is 372 g/mol. The number of aromatic nitrogens is 2. The molecule has 2 aromatic carbocycles. The number of aryl methyl sites for hydroxylation is 1. The lowest BCUT2D eigenvalue weighted by Crippen LogP contribution is -2.48. The van der Waals surface area contributed by atoms with E-state index in [4.69, 9.17) is 0 Å². The molecule has 0 N–H and O–H groups in total. The van der Waals surface area contributed by atoms with Gasteiger partial charge in [-0.1, -0.05) is 60.7 Å². The first-order valence-electron chi connectivity index (χ1n) is 10.5. The van der Waals surface area contributed by atoms with Crippen molar-refractivity contribution >= 4 is 12.0 Å². The van der Waals surface area contributed by atoms with Crippen LogP contribution in [-0.4, -0.2) is 58.2 Å². The predicted octanol–water partition coefficient (Wildman–Crippen LogP) is 3.96. The largest absolute Gasteiger partial charge is 0.336 e. The van der Waals surface area contributed by atoms with Crippen molar-refractivity contribution in [2.75, 3.05) is 32.7 Å². The summed E-state index contributed by atoms with van der Waals surface area (Å²) >= 11 is 0. The number of hydrogen-bond acceptors (Lipinski definition) is 3. The fraction of sp³-hybridized carbons (Fsp3) is 0.280. The summed E-state index contributed by atoms with van der Waals surface area (Å²) < 4.78 is 1.87. The smallest absolute Gasteiger partial charge is 0.257 e. The van der Waals surface area contributed by atoms with Crippen LogP contribution >= 0.6 is 0 Å². The van der Waals surface area contributed by atoms with Gasteiger partial charge in [0.05, 0.1) is 22.6 Å². The second-order valence-corrected chi connectivity index (χ2v) is 7.70. The molecule has 5 nitrogen and oxygen atoms in total. The Morgan fingerprint density at radius 3 is 2.23 bits per heavy atom. The van der Waals surface area contributed by atoms with Gasteiger partial charge in [-0.15, -0.1) is 0 Å². The number of carbonyl (C=O) groups is 1. The maximum Gasteiger partial charge on any atom is 0.257 e. The summed E-state index contributed by atoms with van der Waals surface area (Å²) in [6.07, 6.45) is 4.35. The van der Waals surface area contributed by atoms with E-state index in [9.17, 15) is 4.79 Å². The zero-order valence-electron chi connectivity index (χ0n) is 17.7. The lowest BCUT2D eigenvalue weighted by molar-refractivity contribution is 0.0649. The maximum absolute atomic E-state index is 13.2. The third-order valence-corrected chi connectivity index (χ3v) is 5.64. The van der Waals surface area contributed by atoms with Crippen LogP contribution in [0.5, 0.6) is 0 Å². The number of para-hydroxylation sites is 1. The van der Waals surface area contributed by atoms with E-state index in [1.165, 1.54) is 5.56 Å². The van der Waals surface area contributed by atoms with Gasteiger partial charge in [-0.3, -0.25) is 9.69 Å². The number of hydrogen-bond donors (Lipinski definition) is 0. The summed E-state index contributed by atoms with van der Waals surface area (Å²) in [5, 5.41) is 4.63. The van der Waals surface area contributed by atoms with E-state index in [0.717, 1.165) is 55.4 Å². The zero-order valence-corrected chi connectivity index (χ0v) is 17.7. The van der Waals surface area contributed by atoms with Crippen molar-refractivity contribution < 1.29 is 4.79 Å². The summed E-state index contributed by atoms with van der Waals surface area (Å²) in [5.41, 5.74) is 4.61. The highest BCUT2D eigenvalue weighted by Crippen LogP contribution is 2.20. The topological polar surface area (TPSA) is 41.4 Å². The van der Waals surface area contributed by atoms with Crippen molar-refractivity contribution in [3.63, 3.8) is 0 Å². The van der Waals surface area contributed by atoms with Gasteiger partial charge in [0.2, 0.25) is 0 Å². The van der Waals surface area contributed by atoms with E-state index in [-0.39, 0.29) is 5.91 Å². The van der Waals surface area contributed by atoms with E-state index in [2.05, 4.69) is 34.3 Å².